The molecule has 1 N–H and O–H groups in total. The highest BCUT2D eigenvalue weighted by Gasteiger charge is 2.47. The van der Waals surface area contributed by atoms with Gasteiger partial charge in [0.15, 0.2) is 0 Å². The third kappa shape index (κ3) is 1.77. The Labute approximate surface area is 146 Å². The van der Waals surface area contributed by atoms with E-state index in [-0.39, 0.29) is 11.9 Å². The zero-order valence-corrected chi connectivity index (χ0v) is 14.1. The number of aliphatic hydroxyl groups is 1. The van der Waals surface area contributed by atoms with Crippen LogP contribution in [0, 0.1) is 0 Å². The first-order valence-corrected chi connectivity index (χ1v) is 8.42. The van der Waals surface area contributed by atoms with Crippen molar-refractivity contribution in [3.8, 4) is 0 Å². The monoisotopic (exact) mass is 330 g/mol. The van der Waals surface area contributed by atoms with E-state index in [0.717, 1.165) is 33.6 Å². The number of carbonyl (C=O) groups is 1. The van der Waals surface area contributed by atoms with Gasteiger partial charge in [-0.15, -0.1) is 0 Å². The highest BCUT2D eigenvalue weighted by molar-refractivity contribution is 6.12. The minimum Gasteiger partial charge on any atom is -0.386 e. The molecule has 4 heteroatoms. The maximum absolute atomic E-state index is 13.0. The lowest BCUT2D eigenvalue weighted by molar-refractivity contribution is 0.0689. The molecule has 0 saturated heterocycles. The Balaban J connectivity index is 1.67. The van der Waals surface area contributed by atoms with Crippen LogP contribution in [0.1, 0.15) is 33.2 Å². The third-order valence-corrected chi connectivity index (χ3v) is 5.41. The average molecular weight is 330 g/mol. The van der Waals surface area contributed by atoms with E-state index in [0.29, 0.717) is 5.56 Å². The van der Waals surface area contributed by atoms with E-state index >= 15 is 0 Å². The zero-order valence-electron chi connectivity index (χ0n) is 14.1. The molecule has 1 amide bonds. The highest BCUT2D eigenvalue weighted by atomic mass is 16.3. The number of allylic oxidation sites excluding steroid dienone is 2. The van der Waals surface area contributed by atoms with Crippen LogP contribution >= 0.6 is 0 Å². The summed E-state index contributed by atoms with van der Waals surface area (Å²) in [5, 5.41) is 11.0. The van der Waals surface area contributed by atoms with Gasteiger partial charge < -0.3 is 10.0 Å². The summed E-state index contributed by atoms with van der Waals surface area (Å²) in [5.41, 5.74) is 6.51. The van der Waals surface area contributed by atoms with Crippen LogP contribution in [-0.4, -0.2) is 36.1 Å². The molecule has 4 nitrogen and oxygen atoms in total. The second kappa shape index (κ2) is 4.83. The van der Waals surface area contributed by atoms with E-state index in [1.54, 1.807) is 4.90 Å². The Bertz CT molecular complexity index is 987. The molecule has 2 aromatic carbocycles. The lowest BCUT2D eigenvalue weighted by Crippen LogP contribution is -2.38. The van der Waals surface area contributed by atoms with Crippen molar-refractivity contribution in [1.82, 2.24) is 4.90 Å². The summed E-state index contributed by atoms with van der Waals surface area (Å²) in [6.07, 6.45) is 3.33. The van der Waals surface area contributed by atoms with Crippen LogP contribution in [0.3, 0.4) is 0 Å². The van der Waals surface area contributed by atoms with Crippen molar-refractivity contribution in [3.05, 3.63) is 76.9 Å². The van der Waals surface area contributed by atoms with Gasteiger partial charge in [0.1, 0.15) is 6.10 Å². The molecular formula is C21H18N2O2. The maximum Gasteiger partial charge on any atom is 0.259 e. The van der Waals surface area contributed by atoms with Crippen molar-refractivity contribution in [2.45, 2.75) is 12.1 Å². The van der Waals surface area contributed by atoms with Crippen LogP contribution in [0.5, 0.6) is 0 Å². The average Bonchev–Trinajstić information content (AvgIpc) is 3.08. The van der Waals surface area contributed by atoms with Gasteiger partial charge in [-0.1, -0.05) is 30.3 Å². The molecule has 5 rings (SSSR count). The number of amides is 1. The molecule has 25 heavy (non-hydrogen) atoms. The standard InChI is InChI=1S/C21H18N2O2/c1-22(2)12-7-8-13-15-9-10-18-14-5-3-4-6-16(14)21(25)23(18)19(15)20(24)17(13)11-12/h3-11,19-20,24H,1-2H3/t19-,20-/m1/s1. The molecule has 1 aliphatic carbocycles. The molecule has 2 atom stereocenters. The molecule has 0 aromatic heterocycles. The van der Waals surface area contributed by atoms with E-state index in [1.807, 2.05) is 61.5 Å². The third-order valence-electron chi connectivity index (χ3n) is 5.41. The highest BCUT2D eigenvalue weighted by Crippen LogP contribution is 2.50. The minimum absolute atomic E-state index is 0.0304. The summed E-state index contributed by atoms with van der Waals surface area (Å²) in [7, 11) is 3.96. The Morgan fingerprint density at radius 1 is 1.00 bits per heavy atom. The normalized spacial score (nSPS) is 22.7. The number of nitrogens with zero attached hydrogens (tertiary/aromatic N) is 2. The Kier molecular flexibility index (Phi) is 2.80. The number of carbonyl (C=O) groups excluding carboxylic acids is 1. The summed E-state index contributed by atoms with van der Waals surface area (Å²) in [6, 6.07) is 13.4. The molecule has 2 heterocycles. The fourth-order valence-electron chi connectivity index (χ4n) is 4.18. The van der Waals surface area contributed by atoms with Gasteiger partial charge in [0, 0.05) is 30.9 Å². The SMILES string of the molecule is CN(C)c1ccc2c(c1)[C@@H](O)[C@H]1C2=CC=C2c3ccccc3C(=O)N21. The topological polar surface area (TPSA) is 43.8 Å². The second-order valence-corrected chi connectivity index (χ2v) is 6.95. The quantitative estimate of drug-likeness (QED) is 0.874. The molecule has 2 aliphatic heterocycles. The number of hydrogen-bond acceptors (Lipinski definition) is 3. The van der Waals surface area contributed by atoms with Gasteiger partial charge in [0.25, 0.3) is 5.91 Å². The number of aliphatic hydroxyl groups excluding tert-OH is 1. The van der Waals surface area contributed by atoms with Crippen molar-refractivity contribution in [3.63, 3.8) is 0 Å². The fraction of sp³-hybridized carbons (Fsp3) is 0.190. The van der Waals surface area contributed by atoms with Gasteiger partial charge in [0.05, 0.1) is 11.7 Å². The van der Waals surface area contributed by atoms with Crippen LogP contribution < -0.4 is 4.90 Å². The van der Waals surface area contributed by atoms with Gasteiger partial charge in [0.2, 0.25) is 0 Å². The van der Waals surface area contributed by atoms with Gasteiger partial charge in [-0.3, -0.25) is 9.69 Å². The summed E-state index contributed by atoms with van der Waals surface area (Å²) >= 11 is 0. The summed E-state index contributed by atoms with van der Waals surface area (Å²) in [6.45, 7) is 0. The van der Waals surface area contributed by atoms with Crippen LogP contribution in [0.25, 0.3) is 11.3 Å². The summed E-state index contributed by atoms with van der Waals surface area (Å²) in [4.78, 5) is 16.8. The number of anilines is 1. The van der Waals surface area contributed by atoms with Gasteiger partial charge >= 0.3 is 0 Å². The van der Waals surface area contributed by atoms with Crippen LogP contribution in [0.15, 0.2) is 54.6 Å². The molecule has 0 spiro atoms. The van der Waals surface area contributed by atoms with Crippen molar-refractivity contribution in [2.24, 2.45) is 0 Å². The predicted molar refractivity (Wildman–Crippen MR) is 98.1 cm³/mol. The van der Waals surface area contributed by atoms with Crippen molar-refractivity contribution < 1.29 is 9.90 Å². The second-order valence-electron chi connectivity index (χ2n) is 6.95. The van der Waals surface area contributed by atoms with E-state index < -0.39 is 6.10 Å². The van der Waals surface area contributed by atoms with E-state index in [4.69, 9.17) is 0 Å². The molecule has 3 aliphatic rings. The fourth-order valence-corrected chi connectivity index (χ4v) is 4.18. The Hall–Kier alpha value is -2.85. The number of fused-ring (bicyclic) bond motifs is 7. The first kappa shape index (κ1) is 14.5. The first-order valence-electron chi connectivity index (χ1n) is 8.42. The number of rotatable bonds is 1. The van der Waals surface area contributed by atoms with Crippen molar-refractivity contribution >= 4 is 22.9 Å². The van der Waals surface area contributed by atoms with Crippen molar-refractivity contribution in [1.29, 1.82) is 0 Å². The Morgan fingerprint density at radius 2 is 1.76 bits per heavy atom. The molecule has 0 bridgehead atoms. The summed E-state index contributed by atoms with van der Waals surface area (Å²) in [5.74, 6) is -0.0304. The predicted octanol–water partition coefficient (Wildman–Crippen LogP) is 3.06. The van der Waals surface area contributed by atoms with E-state index in [9.17, 15) is 9.90 Å². The van der Waals surface area contributed by atoms with Crippen LogP contribution in [0.4, 0.5) is 5.69 Å². The largest absolute Gasteiger partial charge is 0.386 e. The smallest absolute Gasteiger partial charge is 0.259 e. The van der Waals surface area contributed by atoms with Gasteiger partial charge in [-0.25, -0.2) is 0 Å². The summed E-state index contributed by atoms with van der Waals surface area (Å²) < 4.78 is 0. The van der Waals surface area contributed by atoms with E-state index in [1.165, 1.54) is 0 Å². The molecule has 0 fully saturated rings. The lowest BCUT2D eigenvalue weighted by Gasteiger charge is -2.32. The molecule has 124 valence electrons. The van der Waals surface area contributed by atoms with Crippen molar-refractivity contribution in [2.75, 3.05) is 19.0 Å². The molecule has 2 aromatic rings. The van der Waals surface area contributed by atoms with Gasteiger partial charge in [-0.05, 0) is 41.0 Å². The number of benzene rings is 2. The first-order chi connectivity index (χ1) is 12.1. The Morgan fingerprint density at radius 3 is 2.52 bits per heavy atom. The zero-order chi connectivity index (χ0) is 17.3. The van der Waals surface area contributed by atoms with E-state index in [2.05, 4.69) is 12.1 Å². The number of hydrogen-bond donors (Lipinski definition) is 1. The molecule has 0 saturated carbocycles. The maximum atomic E-state index is 13.0. The lowest BCUT2D eigenvalue weighted by atomic mass is 9.99. The molecule has 0 unspecified atom stereocenters. The van der Waals surface area contributed by atoms with Crippen LogP contribution in [0.2, 0.25) is 0 Å². The minimum atomic E-state index is -0.719. The van der Waals surface area contributed by atoms with Crippen LogP contribution in [-0.2, 0) is 0 Å². The molecular weight excluding hydrogens is 312 g/mol. The van der Waals surface area contributed by atoms with Gasteiger partial charge in [-0.2, -0.15) is 0 Å². The molecule has 0 radical (unpaired) electrons.